The fourth-order valence-corrected chi connectivity index (χ4v) is 4.49. The molecule has 0 aromatic carbocycles. The van der Waals surface area contributed by atoms with Gasteiger partial charge >= 0.3 is 5.97 Å². The maximum absolute atomic E-state index is 12.5. The van der Waals surface area contributed by atoms with E-state index in [-0.39, 0.29) is 10.6 Å². The number of aromatic carboxylic acids is 1. The van der Waals surface area contributed by atoms with Crippen molar-refractivity contribution in [2.45, 2.75) is 56.4 Å². The normalized spacial score (nSPS) is 18.9. The lowest BCUT2D eigenvalue weighted by Crippen LogP contribution is -2.47. The van der Waals surface area contributed by atoms with Crippen LogP contribution in [-0.2, 0) is 10.0 Å². The summed E-state index contributed by atoms with van der Waals surface area (Å²) in [5.74, 6) is -1.36. The number of carbonyl (C=O) groups is 1. The minimum atomic E-state index is -3.91. The van der Waals surface area contributed by atoms with Crippen LogP contribution in [0.4, 0.5) is 0 Å². The molecule has 0 saturated heterocycles. The second kappa shape index (κ2) is 5.17. The largest absolute Gasteiger partial charge is 0.476 e. The zero-order valence-corrected chi connectivity index (χ0v) is 12.4. The highest BCUT2D eigenvalue weighted by atomic mass is 32.2. The zero-order valence-electron chi connectivity index (χ0n) is 11.6. The third-order valence-electron chi connectivity index (χ3n) is 3.70. The van der Waals surface area contributed by atoms with Gasteiger partial charge in [-0.25, -0.2) is 17.9 Å². The first-order chi connectivity index (χ1) is 9.25. The quantitative estimate of drug-likeness (QED) is 0.778. The molecule has 112 valence electrons. The van der Waals surface area contributed by atoms with Gasteiger partial charge in [-0.15, -0.1) is 0 Å². The predicted octanol–water partition coefficient (Wildman–Crippen LogP) is 1.42. The van der Waals surface area contributed by atoms with Crippen LogP contribution < -0.4 is 4.72 Å². The summed E-state index contributed by atoms with van der Waals surface area (Å²) in [6.07, 6.45) is 4.55. The van der Waals surface area contributed by atoms with Gasteiger partial charge in [0.2, 0.25) is 10.0 Å². The number of H-pyrrole nitrogens is 1. The van der Waals surface area contributed by atoms with Gasteiger partial charge in [-0.05, 0) is 26.7 Å². The van der Waals surface area contributed by atoms with E-state index in [1.54, 1.807) is 0 Å². The lowest BCUT2D eigenvalue weighted by molar-refractivity contribution is 0.0686. The number of aromatic nitrogens is 2. The summed E-state index contributed by atoms with van der Waals surface area (Å²) >= 11 is 0. The fourth-order valence-electron chi connectivity index (χ4n) is 2.70. The number of carboxylic acid groups (broad SMARTS) is 1. The zero-order chi connectivity index (χ0) is 15.0. The second-order valence-electron chi connectivity index (χ2n) is 5.56. The number of nitrogens with zero attached hydrogens (tertiary/aromatic N) is 1. The van der Waals surface area contributed by atoms with Crippen LogP contribution >= 0.6 is 0 Å². The first kappa shape index (κ1) is 15.0. The molecule has 3 N–H and O–H groups in total. The third kappa shape index (κ3) is 2.85. The van der Waals surface area contributed by atoms with E-state index < -0.39 is 27.2 Å². The third-order valence-corrected chi connectivity index (χ3v) is 5.50. The summed E-state index contributed by atoms with van der Waals surface area (Å²) < 4.78 is 27.6. The maximum atomic E-state index is 12.5. The van der Waals surface area contributed by atoms with Crippen molar-refractivity contribution < 1.29 is 18.3 Å². The Morgan fingerprint density at radius 1 is 1.35 bits per heavy atom. The number of nitrogens with one attached hydrogen (secondary N) is 2. The standard InChI is InChI=1S/C12H19N3O4S/c1-8-10(9(11(16)17)14-13-8)20(18,19)15-12(2)6-4-3-5-7-12/h15H,3-7H2,1-2H3,(H,13,14)(H,16,17). The van der Waals surface area contributed by atoms with Gasteiger partial charge in [-0.3, -0.25) is 5.10 Å². The Bertz CT molecular complexity index is 615. The van der Waals surface area contributed by atoms with Crippen molar-refractivity contribution in [2.75, 3.05) is 0 Å². The molecule has 1 aliphatic carbocycles. The molecule has 2 rings (SSSR count). The van der Waals surface area contributed by atoms with Gasteiger partial charge < -0.3 is 5.11 Å². The molecule has 0 aliphatic heterocycles. The molecule has 0 atom stereocenters. The molecule has 7 nitrogen and oxygen atoms in total. The molecule has 0 bridgehead atoms. The average molecular weight is 301 g/mol. The molecule has 8 heteroatoms. The van der Waals surface area contributed by atoms with E-state index in [2.05, 4.69) is 14.9 Å². The molecule has 0 spiro atoms. The van der Waals surface area contributed by atoms with Crippen molar-refractivity contribution in [2.24, 2.45) is 0 Å². The van der Waals surface area contributed by atoms with Crippen LogP contribution in [0.25, 0.3) is 0 Å². The number of aromatic amines is 1. The van der Waals surface area contributed by atoms with E-state index in [1.165, 1.54) is 6.92 Å². The monoisotopic (exact) mass is 301 g/mol. The molecule has 0 amide bonds. The number of aryl methyl sites for hydroxylation is 1. The Hall–Kier alpha value is -1.41. The molecule has 1 heterocycles. The minimum absolute atomic E-state index is 0.231. The van der Waals surface area contributed by atoms with Crippen LogP contribution in [0.2, 0.25) is 0 Å². The van der Waals surface area contributed by atoms with E-state index in [0.29, 0.717) is 0 Å². The maximum Gasteiger partial charge on any atom is 0.357 e. The molecule has 1 aromatic heterocycles. The molecule has 20 heavy (non-hydrogen) atoms. The minimum Gasteiger partial charge on any atom is -0.476 e. The Balaban J connectivity index is 2.36. The Morgan fingerprint density at radius 3 is 2.50 bits per heavy atom. The van der Waals surface area contributed by atoms with Crippen LogP contribution in [-0.4, -0.2) is 35.2 Å². The van der Waals surface area contributed by atoms with Gasteiger partial charge in [0.25, 0.3) is 0 Å². The number of rotatable bonds is 4. The smallest absolute Gasteiger partial charge is 0.357 e. The molecule has 1 fully saturated rings. The van der Waals surface area contributed by atoms with Gasteiger partial charge in [0, 0.05) is 5.54 Å². The number of hydrogen-bond acceptors (Lipinski definition) is 4. The van der Waals surface area contributed by atoms with Gasteiger partial charge in [0.1, 0.15) is 4.90 Å². The highest BCUT2D eigenvalue weighted by Crippen LogP contribution is 2.30. The van der Waals surface area contributed by atoms with Crippen molar-refractivity contribution in [3.63, 3.8) is 0 Å². The number of carboxylic acids is 1. The van der Waals surface area contributed by atoms with Crippen LogP contribution in [0, 0.1) is 6.92 Å². The fraction of sp³-hybridized carbons (Fsp3) is 0.667. The molecule has 0 unspecified atom stereocenters. The van der Waals surface area contributed by atoms with Gasteiger partial charge in [0.05, 0.1) is 5.69 Å². The van der Waals surface area contributed by atoms with Gasteiger partial charge in [0.15, 0.2) is 5.69 Å². The summed E-state index contributed by atoms with van der Waals surface area (Å²) in [5, 5.41) is 15.0. The van der Waals surface area contributed by atoms with Gasteiger partial charge in [-0.1, -0.05) is 19.3 Å². The highest BCUT2D eigenvalue weighted by molar-refractivity contribution is 7.89. The van der Waals surface area contributed by atoms with E-state index in [4.69, 9.17) is 5.11 Å². The first-order valence-corrected chi connectivity index (χ1v) is 8.06. The lowest BCUT2D eigenvalue weighted by Gasteiger charge is -2.34. The van der Waals surface area contributed by atoms with Crippen molar-refractivity contribution in [3.8, 4) is 0 Å². The first-order valence-electron chi connectivity index (χ1n) is 6.57. The number of sulfonamides is 1. The van der Waals surface area contributed by atoms with Gasteiger partial charge in [-0.2, -0.15) is 5.10 Å². The molecular formula is C12H19N3O4S. The Labute approximate surface area is 117 Å². The van der Waals surface area contributed by atoms with Crippen LogP contribution in [0.5, 0.6) is 0 Å². The van der Waals surface area contributed by atoms with Crippen LogP contribution in [0.3, 0.4) is 0 Å². The molecular weight excluding hydrogens is 282 g/mol. The van der Waals surface area contributed by atoms with E-state index in [1.807, 2.05) is 6.92 Å². The molecule has 1 saturated carbocycles. The summed E-state index contributed by atoms with van der Waals surface area (Å²) in [6, 6.07) is 0. The van der Waals surface area contributed by atoms with E-state index in [9.17, 15) is 13.2 Å². The second-order valence-corrected chi connectivity index (χ2v) is 7.18. The summed E-state index contributed by atoms with van der Waals surface area (Å²) in [7, 11) is -3.91. The summed E-state index contributed by atoms with van der Waals surface area (Å²) in [5.41, 5.74) is -0.750. The average Bonchev–Trinajstić information content (AvgIpc) is 2.71. The number of hydrogen-bond donors (Lipinski definition) is 3. The predicted molar refractivity (Wildman–Crippen MR) is 72.1 cm³/mol. The lowest BCUT2D eigenvalue weighted by atomic mass is 9.84. The van der Waals surface area contributed by atoms with Crippen molar-refractivity contribution >= 4 is 16.0 Å². The Kier molecular flexibility index (Phi) is 3.88. The molecule has 1 aromatic rings. The highest BCUT2D eigenvalue weighted by Gasteiger charge is 2.36. The molecule has 1 aliphatic rings. The van der Waals surface area contributed by atoms with E-state index in [0.717, 1.165) is 32.1 Å². The van der Waals surface area contributed by atoms with Crippen LogP contribution in [0.15, 0.2) is 4.90 Å². The van der Waals surface area contributed by atoms with Crippen molar-refractivity contribution in [3.05, 3.63) is 11.4 Å². The SMILES string of the molecule is Cc1[nH]nc(C(=O)O)c1S(=O)(=O)NC1(C)CCCCC1. The van der Waals surface area contributed by atoms with Crippen molar-refractivity contribution in [1.82, 2.24) is 14.9 Å². The van der Waals surface area contributed by atoms with E-state index >= 15 is 0 Å². The summed E-state index contributed by atoms with van der Waals surface area (Å²) in [6.45, 7) is 3.36. The van der Waals surface area contributed by atoms with Crippen LogP contribution in [0.1, 0.15) is 55.2 Å². The molecule has 0 radical (unpaired) electrons. The Morgan fingerprint density at radius 2 is 1.95 bits per heavy atom. The van der Waals surface area contributed by atoms with Crippen molar-refractivity contribution in [1.29, 1.82) is 0 Å². The summed E-state index contributed by atoms with van der Waals surface area (Å²) in [4.78, 5) is 10.8. The topological polar surface area (TPSA) is 112 Å².